The van der Waals surface area contributed by atoms with Gasteiger partial charge in [0.2, 0.25) is 0 Å². The molecule has 9 atom stereocenters. The number of ether oxygens (including phenoxy) is 2. The van der Waals surface area contributed by atoms with Gasteiger partial charge in [-0.15, -0.1) is 0 Å². The topological polar surface area (TPSA) is 59.0 Å². The van der Waals surface area contributed by atoms with Gasteiger partial charge in [0, 0.05) is 30.8 Å². The van der Waals surface area contributed by atoms with Gasteiger partial charge in [-0.25, -0.2) is 0 Å². The quantitative estimate of drug-likeness (QED) is 0.582. The van der Waals surface area contributed by atoms with E-state index in [4.69, 9.17) is 9.47 Å². The van der Waals surface area contributed by atoms with Gasteiger partial charge in [0.15, 0.2) is 0 Å². The number of likely N-dealkylation sites (tertiary alicyclic amines) is 1. The van der Waals surface area contributed by atoms with Gasteiger partial charge < -0.3 is 14.6 Å². The van der Waals surface area contributed by atoms with E-state index >= 15 is 0 Å². The third-order valence-electron chi connectivity index (χ3n) is 10.3. The summed E-state index contributed by atoms with van der Waals surface area (Å²) in [7, 11) is 0. The lowest BCUT2D eigenvalue weighted by Crippen LogP contribution is -2.82. The van der Waals surface area contributed by atoms with Crippen molar-refractivity contribution in [3.05, 3.63) is 12.2 Å². The molecule has 5 nitrogen and oxygen atoms in total. The maximum atomic E-state index is 12.1. The molecule has 8 fully saturated rings. The maximum absolute atomic E-state index is 12.1. The highest BCUT2D eigenvalue weighted by atomic mass is 16.6. The highest BCUT2D eigenvalue weighted by Gasteiger charge is 2.79. The average molecular weight is 402 g/mol. The van der Waals surface area contributed by atoms with Crippen molar-refractivity contribution in [2.75, 3.05) is 19.7 Å². The summed E-state index contributed by atoms with van der Waals surface area (Å²) in [5.41, 5.74) is 1.49. The molecule has 3 aliphatic heterocycles. The zero-order valence-electron chi connectivity index (χ0n) is 17.9. The number of esters is 1. The first kappa shape index (κ1) is 18.8. The van der Waals surface area contributed by atoms with Crippen molar-refractivity contribution < 1.29 is 19.4 Å². The number of aliphatic hydroxyl groups is 1. The van der Waals surface area contributed by atoms with Gasteiger partial charge in [0.05, 0.1) is 12.7 Å². The summed E-state index contributed by atoms with van der Waals surface area (Å²) in [6, 6.07) is 0. The Morgan fingerprint density at radius 1 is 1.28 bits per heavy atom. The molecular weight excluding hydrogens is 366 g/mol. The number of hydrogen-bond acceptors (Lipinski definition) is 5. The van der Waals surface area contributed by atoms with Gasteiger partial charge in [-0.1, -0.05) is 19.9 Å². The van der Waals surface area contributed by atoms with E-state index in [-0.39, 0.29) is 41.8 Å². The minimum absolute atomic E-state index is 0.0923. The lowest BCUT2D eigenvalue weighted by Gasteiger charge is -2.79. The fourth-order valence-corrected chi connectivity index (χ4v) is 9.62. The van der Waals surface area contributed by atoms with Crippen LogP contribution in [0.1, 0.15) is 58.8 Å². The van der Waals surface area contributed by atoms with Crippen LogP contribution in [0.4, 0.5) is 0 Å². The zero-order chi connectivity index (χ0) is 20.2. The summed E-state index contributed by atoms with van der Waals surface area (Å²) in [6.07, 6.45) is 8.38. The predicted octanol–water partition coefficient (Wildman–Crippen LogP) is 3.12. The molecule has 7 bridgehead atoms. The van der Waals surface area contributed by atoms with Crippen molar-refractivity contribution in [1.29, 1.82) is 0 Å². The van der Waals surface area contributed by atoms with E-state index in [2.05, 4.69) is 18.4 Å². The van der Waals surface area contributed by atoms with Crippen LogP contribution in [-0.2, 0) is 14.3 Å². The van der Waals surface area contributed by atoms with E-state index in [1.165, 1.54) is 32.6 Å². The van der Waals surface area contributed by atoms with Crippen LogP contribution in [0.3, 0.4) is 0 Å². The van der Waals surface area contributed by atoms with Crippen molar-refractivity contribution in [2.45, 2.75) is 77.2 Å². The highest BCUT2D eigenvalue weighted by Crippen LogP contribution is 2.78. The molecule has 5 saturated carbocycles. The summed E-state index contributed by atoms with van der Waals surface area (Å²) < 4.78 is 13.0. The highest BCUT2D eigenvalue weighted by molar-refractivity contribution is 5.67. The number of piperidine rings is 1. The molecule has 5 heteroatoms. The lowest BCUT2D eigenvalue weighted by molar-refractivity contribution is -0.405. The number of hydrogen-bond donors (Lipinski definition) is 1. The first-order valence-corrected chi connectivity index (χ1v) is 11.7. The molecule has 2 unspecified atom stereocenters. The summed E-state index contributed by atoms with van der Waals surface area (Å²) in [6.45, 7) is 10.4. The van der Waals surface area contributed by atoms with E-state index in [0.29, 0.717) is 29.7 Å². The number of nitrogens with zero attached hydrogens (tertiary/aromatic N) is 1. The molecule has 3 saturated heterocycles. The molecule has 8 rings (SSSR count). The Morgan fingerprint density at radius 2 is 2.10 bits per heavy atom. The molecule has 0 aromatic heterocycles. The fraction of sp³-hybridized carbons (Fsp3) is 0.875. The van der Waals surface area contributed by atoms with Crippen LogP contribution in [0, 0.1) is 34.0 Å². The summed E-state index contributed by atoms with van der Waals surface area (Å²) in [4.78, 5) is 14.5. The Kier molecular flexibility index (Phi) is 3.81. The lowest BCUT2D eigenvalue weighted by atomic mass is 9.32. The van der Waals surface area contributed by atoms with Crippen LogP contribution in [-0.4, -0.2) is 54.1 Å². The molecule has 0 amide bonds. The van der Waals surface area contributed by atoms with Gasteiger partial charge >= 0.3 is 5.97 Å². The summed E-state index contributed by atoms with van der Waals surface area (Å²) in [5.74, 6) is 1.50. The number of rotatable bonds is 3. The Balaban J connectivity index is 1.51. The van der Waals surface area contributed by atoms with E-state index < -0.39 is 0 Å². The van der Waals surface area contributed by atoms with Crippen molar-refractivity contribution in [1.82, 2.24) is 4.90 Å². The van der Waals surface area contributed by atoms with E-state index in [1.54, 1.807) is 0 Å². The van der Waals surface area contributed by atoms with Crippen molar-refractivity contribution >= 4 is 5.97 Å². The predicted molar refractivity (Wildman–Crippen MR) is 108 cm³/mol. The molecular formula is C24H35NO4. The second-order valence-electron chi connectivity index (χ2n) is 11.3. The normalized spacial score (nSPS) is 54.9. The largest absolute Gasteiger partial charge is 0.457 e. The molecule has 0 radical (unpaired) electrons. The molecule has 2 spiro atoms. The SMILES string of the molecule is C=C1[C@H]2CC[C@@]3([C@H]4CC5C6(CCC[C@@]5(C)CN(CCO)[C@@H]6O4)[C@@H]3C2)[C@H]1OC(C)=O. The first-order valence-electron chi connectivity index (χ1n) is 11.7. The van der Waals surface area contributed by atoms with Crippen LogP contribution in [0.2, 0.25) is 0 Å². The van der Waals surface area contributed by atoms with Crippen LogP contribution >= 0.6 is 0 Å². The Bertz CT molecular complexity index is 768. The summed E-state index contributed by atoms with van der Waals surface area (Å²) in [5, 5.41) is 9.78. The van der Waals surface area contributed by atoms with E-state index in [0.717, 1.165) is 31.4 Å². The maximum Gasteiger partial charge on any atom is 0.303 e. The molecule has 29 heavy (non-hydrogen) atoms. The van der Waals surface area contributed by atoms with Crippen LogP contribution < -0.4 is 0 Å². The second-order valence-corrected chi connectivity index (χ2v) is 11.3. The van der Waals surface area contributed by atoms with Crippen molar-refractivity contribution in [3.63, 3.8) is 0 Å². The van der Waals surface area contributed by atoms with Crippen molar-refractivity contribution in [3.8, 4) is 0 Å². The second kappa shape index (κ2) is 5.86. The first-order chi connectivity index (χ1) is 13.9. The van der Waals surface area contributed by atoms with Crippen molar-refractivity contribution in [2.24, 2.45) is 34.0 Å². The van der Waals surface area contributed by atoms with E-state index in [1.807, 2.05) is 0 Å². The van der Waals surface area contributed by atoms with Crippen LogP contribution in [0.15, 0.2) is 12.2 Å². The third kappa shape index (κ3) is 2.06. The van der Waals surface area contributed by atoms with Crippen LogP contribution in [0.5, 0.6) is 0 Å². The molecule has 0 aromatic carbocycles. The molecule has 0 aromatic rings. The average Bonchev–Trinajstić information content (AvgIpc) is 2.68. The minimum atomic E-state index is -0.189. The van der Waals surface area contributed by atoms with Gasteiger partial charge in [-0.2, -0.15) is 0 Å². The smallest absolute Gasteiger partial charge is 0.303 e. The van der Waals surface area contributed by atoms with Gasteiger partial charge in [-0.05, 0) is 67.3 Å². The summed E-state index contributed by atoms with van der Waals surface area (Å²) >= 11 is 0. The number of fused-ring (bicyclic) bond motifs is 2. The third-order valence-corrected chi connectivity index (χ3v) is 10.3. The number of β-amino-alcohol motifs (C(OH)–C–C–N with tert-alkyl or cyclic N) is 1. The fourth-order valence-electron chi connectivity index (χ4n) is 9.62. The molecule has 160 valence electrons. The van der Waals surface area contributed by atoms with E-state index in [9.17, 15) is 9.90 Å². The van der Waals surface area contributed by atoms with Gasteiger partial charge in [0.1, 0.15) is 12.3 Å². The Morgan fingerprint density at radius 3 is 2.86 bits per heavy atom. The monoisotopic (exact) mass is 401 g/mol. The molecule has 8 aliphatic rings. The molecule has 1 N–H and O–H groups in total. The zero-order valence-corrected chi connectivity index (χ0v) is 17.9. The van der Waals surface area contributed by atoms with Gasteiger partial charge in [0.25, 0.3) is 0 Å². The Hall–Kier alpha value is -0.910. The number of aliphatic hydroxyl groups excluding tert-OH is 1. The Labute approximate surface area is 173 Å². The molecule has 5 aliphatic carbocycles. The van der Waals surface area contributed by atoms with Gasteiger partial charge in [-0.3, -0.25) is 9.69 Å². The minimum Gasteiger partial charge on any atom is -0.457 e. The molecule has 3 heterocycles. The van der Waals surface area contributed by atoms with Crippen LogP contribution in [0.25, 0.3) is 0 Å². The number of carbonyl (C=O) groups excluding carboxylic acids is 1. The standard InChI is InChI=1S/C24H35NO4/c1-14-16-5-8-24(20(14)28-15(2)27)18(11-16)23-7-4-6-22(3)13-25(9-10-26)21(23)29-19(24)12-17(22)23/h16-21,26H,1,4-13H2,2-3H3/t16-,17?,18-,19+,20-,21+,22-,23?,24+/m0/s1. The number of carbonyl (C=O) groups is 1.